The highest BCUT2D eigenvalue weighted by molar-refractivity contribution is 6.04. The number of carbonyl (C=O) groups is 2. The largest absolute Gasteiger partial charge is 0.481 e. The summed E-state index contributed by atoms with van der Waals surface area (Å²) in [6, 6.07) is 15.0. The van der Waals surface area contributed by atoms with Crippen LogP contribution in [0.1, 0.15) is 61.9 Å². The number of anilines is 1. The first-order chi connectivity index (χ1) is 14.6. The molecule has 0 unspecified atom stereocenters. The molecule has 0 aliphatic carbocycles. The van der Waals surface area contributed by atoms with Crippen LogP contribution in [0.4, 0.5) is 5.69 Å². The fraction of sp³-hybridized carbons (Fsp3) is 0.440. The molecular formula is C25H32N2O3. The van der Waals surface area contributed by atoms with E-state index in [0.29, 0.717) is 23.4 Å². The van der Waals surface area contributed by atoms with Crippen LogP contribution >= 0.6 is 0 Å². The standard InChI is InChI=1S/C25H32N2O3/c1-3-19-13-15-20(16-14-19)30-23(4-2)24(28)26-22-12-8-7-11-21(22)25(29)27-17-9-5-6-10-18-27/h7-8,11-16,23H,3-6,9-10,17-18H2,1-2H3,(H,26,28)/t23-/m0/s1. The number of hydrogen-bond donors (Lipinski definition) is 1. The van der Waals surface area contributed by atoms with Crippen LogP contribution in [0.15, 0.2) is 48.5 Å². The van der Waals surface area contributed by atoms with Gasteiger partial charge in [-0.05, 0) is 55.5 Å². The van der Waals surface area contributed by atoms with Gasteiger partial charge < -0.3 is 15.0 Å². The van der Waals surface area contributed by atoms with Crippen LogP contribution in [0.3, 0.4) is 0 Å². The van der Waals surface area contributed by atoms with Gasteiger partial charge in [-0.15, -0.1) is 0 Å². The van der Waals surface area contributed by atoms with Crippen LogP contribution in [0.25, 0.3) is 0 Å². The molecule has 5 nitrogen and oxygen atoms in total. The van der Waals surface area contributed by atoms with Gasteiger partial charge in [-0.2, -0.15) is 0 Å². The smallest absolute Gasteiger partial charge is 0.265 e. The van der Waals surface area contributed by atoms with Crippen LogP contribution in [0.5, 0.6) is 5.75 Å². The number of rotatable bonds is 7. The maximum absolute atomic E-state index is 13.1. The van der Waals surface area contributed by atoms with Crippen molar-refractivity contribution in [2.75, 3.05) is 18.4 Å². The second-order valence-corrected chi connectivity index (χ2v) is 7.75. The van der Waals surface area contributed by atoms with E-state index < -0.39 is 6.10 Å². The average Bonchev–Trinajstić information content (AvgIpc) is 3.07. The van der Waals surface area contributed by atoms with Gasteiger partial charge in [0.2, 0.25) is 0 Å². The van der Waals surface area contributed by atoms with Gasteiger partial charge in [0.1, 0.15) is 5.75 Å². The van der Waals surface area contributed by atoms with Crippen molar-refractivity contribution in [3.8, 4) is 5.75 Å². The third-order valence-electron chi connectivity index (χ3n) is 5.58. The molecule has 1 aliphatic rings. The number of nitrogens with one attached hydrogen (secondary N) is 1. The third-order valence-corrected chi connectivity index (χ3v) is 5.58. The first-order valence-corrected chi connectivity index (χ1v) is 11.1. The summed E-state index contributed by atoms with van der Waals surface area (Å²) in [5, 5.41) is 2.93. The number of nitrogens with zero attached hydrogens (tertiary/aromatic N) is 1. The van der Waals surface area contributed by atoms with Crippen LogP contribution in [-0.2, 0) is 11.2 Å². The number of likely N-dealkylation sites (tertiary alicyclic amines) is 1. The zero-order valence-corrected chi connectivity index (χ0v) is 18.0. The van der Waals surface area contributed by atoms with Crippen molar-refractivity contribution in [1.29, 1.82) is 0 Å². The van der Waals surface area contributed by atoms with Gasteiger partial charge in [0.25, 0.3) is 11.8 Å². The molecular weight excluding hydrogens is 376 g/mol. The van der Waals surface area contributed by atoms with Gasteiger partial charge in [0.05, 0.1) is 11.3 Å². The summed E-state index contributed by atoms with van der Waals surface area (Å²) in [7, 11) is 0. The zero-order valence-electron chi connectivity index (χ0n) is 18.0. The minimum atomic E-state index is -0.626. The fourth-order valence-electron chi connectivity index (χ4n) is 3.73. The quantitative estimate of drug-likeness (QED) is 0.696. The van der Waals surface area contributed by atoms with E-state index in [4.69, 9.17) is 4.74 Å². The molecule has 0 saturated carbocycles. The molecule has 1 aliphatic heterocycles. The Morgan fingerprint density at radius 3 is 2.27 bits per heavy atom. The van der Waals surface area contributed by atoms with E-state index in [9.17, 15) is 9.59 Å². The number of benzene rings is 2. The Morgan fingerprint density at radius 1 is 0.967 bits per heavy atom. The molecule has 3 rings (SSSR count). The van der Waals surface area contributed by atoms with Gasteiger partial charge in [-0.3, -0.25) is 9.59 Å². The van der Waals surface area contributed by atoms with Crippen molar-refractivity contribution in [3.05, 3.63) is 59.7 Å². The second kappa shape index (κ2) is 10.8. The Bertz CT molecular complexity index is 840. The lowest BCUT2D eigenvalue weighted by atomic mass is 10.1. The second-order valence-electron chi connectivity index (χ2n) is 7.75. The highest BCUT2D eigenvalue weighted by Gasteiger charge is 2.23. The summed E-state index contributed by atoms with van der Waals surface area (Å²) in [6.07, 6.45) is 5.25. The molecule has 5 heteroatoms. The van der Waals surface area contributed by atoms with Crippen molar-refractivity contribution in [2.45, 2.75) is 58.5 Å². The van der Waals surface area contributed by atoms with Crippen molar-refractivity contribution in [1.82, 2.24) is 4.90 Å². The van der Waals surface area contributed by atoms with Crippen LogP contribution in [-0.4, -0.2) is 35.9 Å². The molecule has 0 radical (unpaired) electrons. The SMILES string of the molecule is CCc1ccc(O[C@@H](CC)C(=O)Nc2ccccc2C(=O)N2CCCCCC2)cc1. The molecule has 0 aromatic heterocycles. The Balaban J connectivity index is 1.71. The molecule has 160 valence electrons. The number of amides is 2. The number of ether oxygens (including phenoxy) is 1. The summed E-state index contributed by atoms with van der Waals surface area (Å²) in [5.41, 5.74) is 2.30. The minimum absolute atomic E-state index is 0.0167. The van der Waals surface area contributed by atoms with Gasteiger partial charge >= 0.3 is 0 Å². The molecule has 1 fully saturated rings. The van der Waals surface area contributed by atoms with Gasteiger partial charge in [0, 0.05) is 13.1 Å². The van der Waals surface area contributed by atoms with Crippen LogP contribution < -0.4 is 10.1 Å². The highest BCUT2D eigenvalue weighted by atomic mass is 16.5. The van der Waals surface area contributed by atoms with Gasteiger partial charge in [-0.1, -0.05) is 51.0 Å². The first-order valence-electron chi connectivity index (χ1n) is 11.1. The number of carbonyl (C=O) groups excluding carboxylic acids is 2. The monoisotopic (exact) mass is 408 g/mol. The molecule has 0 bridgehead atoms. The maximum Gasteiger partial charge on any atom is 0.265 e. The van der Waals surface area contributed by atoms with Gasteiger partial charge in [0.15, 0.2) is 6.10 Å². The lowest BCUT2D eigenvalue weighted by Crippen LogP contribution is -2.35. The van der Waals surface area contributed by atoms with E-state index >= 15 is 0 Å². The summed E-state index contributed by atoms with van der Waals surface area (Å²) in [6.45, 7) is 5.56. The Hall–Kier alpha value is -2.82. The van der Waals surface area contributed by atoms with Crippen molar-refractivity contribution < 1.29 is 14.3 Å². The predicted octanol–water partition coefficient (Wildman–Crippen LogP) is 5.06. The number of hydrogen-bond acceptors (Lipinski definition) is 3. The molecule has 2 aromatic carbocycles. The Labute approximate surface area is 179 Å². The third kappa shape index (κ3) is 5.62. The average molecular weight is 409 g/mol. The van der Waals surface area contributed by atoms with Crippen molar-refractivity contribution >= 4 is 17.5 Å². The van der Waals surface area contributed by atoms with Crippen molar-refractivity contribution in [2.24, 2.45) is 0 Å². The summed E-state index contributed by atoms with van der Waals surface area (Å²) < 4.78 is 5.92. The molecule has 1 saturated heterocycles. The number of para-hydroxylation sites is 1. The van der Waals surface area contributed by atoms with E-state index in [1.165, 1.54) is 5.56 Å². The van der Waals surface area contributed by atoms with Crippen LogP contribution in [0, 0.1) is 0 Å². The topological polar surface area (TPSA) is 58.6 Å². The van der Waals surface area contributed by atoms with E-state index in [2.05, 4.69) is 12.2 Å². The van der Waals surface area contributed by atoms with E-state index in [-0.39, 0.29) is 11.8 Å². The molecule has 0 spiro atoms. The Kier molecular flexibility index (Phi) is 7.89. The molecule has 2 aromatic rings. The molecule has 1 N–H and O–H groups in total. The molecule has 1 atom stereocenters. The van der Waals surface area contributed by atoms with Crippen molar-refractivity contribution in [3.63, 3.8) is 0 Å². The molecule has 2 amide bonds. The maximum atomic E-state index is 13.1. The van der Waals surface area contributed by atoms with Gasteiger partial charge in [-0.25, -0.2) is 0 Å². The predicted molar refractivity (Wildman–Crippen MR) is 120 cm³/mol. The molecule has 30 heavy (non-hydrogen) atoms. The van der Waals surface area contributed by atoms with E-state index in [1.54, 1.807) is 12.1 Å². The number of aryl methyl sites for hydroxylation is 1. The Morgan fingerprint density at radius 2 is 1.63 bits per heavy atom. The van der Waals surface area contributed by atoms with E-state index in [0.717, 1.165) is 45.2 Å². The normalized spacial score (nSPS) is 15.2. The first kappa shape index (κ1) is 21.9. The summed E-state index contributed by atoms with van der Waals surface area (Å²) in [4.78, 5) is 27.9. The van der Waals surface area contributed by atoms with Crippen LogP contribution in [0.2, 0.25) is 0 Å². The fourth-order valence-corrected chi connectivity index (χ4v) is 3.73. The zero-order chi connectivity index (χ0) is 21.3. The summed E-state index contributed by atoms with van der Waals surface area (Å²) >= 11 is 0. The minimum Gasteiger partial charge on any atom is -0.481 e. The lowest BCUT2D eigenvalue weighted by Gasteiger charge is -2.23. The van der Waals surface area contributed by atoms with E-state index in [1.807, 2.05) is 48.2 Å². The lowest BCUT2D eigenvalue weighted by molar-refractivity contribution is -0.122. The molecule has 1 heterocycles. The highest BCUT2D eigenvalue weighted by Crippen LogP contribution is 2.21. The summed E-state index contributed by atoms with van der Waals surface area (Å²) in [5.74, 6) is 0.410.